The van der Waals surface area contributed by atoms with E-state index >= 15 is 0 Å². The van der Waals surface area contributed by atoms with Crippen molar-refractivity contribution in [2.75, 3.05) is 18.5 Å². The lowest BCUT2D eigenvalue weighted by Gasteiger charge is -2.24. The number of benzene rings is 2. The fourth-order valence-electron chi connectivity index (χ4n) is 3.88. The highest BCUT2D eigenvalue weighted by molar-refractivity contribution is 5.91. The first kappa shape index (κ1) is 27.7. The van der Waals surface area contributed by atoms with Crippen molar-refractivity contribution < 1.29 is 29.3 Å². The van der Waals surface area contributed by atoms with Crippen molar-refractivity contribution in [1.82, 2.24) is 5.32 Å². The molecule has 0 bridgehead atoms. The van der Waals surface area contributed by atoms with E-state index in [0.29, 0.717) is 31.1 Å². The van der Waals surface area contributed by atoms with E-state index in [9.17, 15) is 19.5 Å². The van der Waals surface area contributed by atoms with Crippen molar-refractivity contribution in [1.29, 1.82) is 0 Å². The standard InChI is InChI=1S/C27H36N2O6/c1-4-35-24-16-19(12-13-21(24)27(33)34)17-25(30)29-23(15-18(2)3)20-9-5-6-10-22(20)28-14-8-7-11-26(31)32/h5-6,9-10,12-13,16,18,23,28H,4,7-8,11,14-15,17H2,1-3H3,(H,29,30)(H,31,32)(H,33,34)/t23-/m1/s1. The van der Waals surface area contributed by atoms with Crippen LogP contribution in [0.15, 0.2) is 42.5 Å². The third kappa shape index (κ3) is 9.31. The lowest BCUT2D eigenvalue weighted by Crippen LogP contribution is -2.31. The third-order valence-electron chi connectivity index (χ3n) is 5.45. The second-order valence-electron chi connectivity index (χ2n) is 8.86. The first-order valence-electron chi connectivity index (χ1n) is 12.0. The highest BCUT2D eigenvalue weighted by Crippen LogP contribution is 2.28. The summed E-state index contributed by atoms with van der Waals surface area (Å²) < 4.78 is 5.45. The molecule has 0 saturated carbocycles. The lowest BCUT2D eigenvalue weighted by atomic mass is 9.95. The molecule has 0 aliphatic heterocycles. The Labute approximate surface area is 206 Å². The molecule has 1 atom stereocenters. The van der Waals surface area contributed by atoms with Crippen LogP contribution in [0.3, 0.4) is 0 Å². The highest BCUT2D eigenvalue weighted by Gasteiger charge is 2.20. The number of unbranched alkanes of at least 4 members (excludes halogenated alkanes) is 1. The molecule has 0 heterocycles. The maximum atomic E-state index is 13.0. The van der Waals surface area contributed by atoms with Gasteiger partial charge in [0, 0.05) is 18.7 Å². The van der Waals surface area contributed by atoms with Gasteiger partial charge in [-0.1, -0.05) is 38.1 Å². The van der Waals surface area contributed by atoms with Crippen LogP contribution < -0.4 is 15.4 Å². The second-order valence-corrected chi connectivity index (χ2v) is 8.86. The van der Waals surface area contributed by atoms with E-state index in [2.05, 4.69) is 24.5 Å². The third-order valence-corrected chi connectivity index (χ3v) is 5.45. The SMILES string of the molecule is CCOc1cc(CC(=O)N[C@H](CC(C)C)c2ccccc2NCCCCC(=O)O)ccc1C(=O)O. The minimum absolute atomic E-state index is 0.0667. The van der Waals surface area contributed by atoms with E-state index in [4.69, 9.17) is 9.84 Å². The largest absolute Gasteiger partial charge is 0.493 e. The summed E-state index contributed by atoms with van der Waals surface area (Å²) in [6.45, 7) is 6.94. The van der Waals surface area contributed by atoms with E-state index in [1.54, 1.807) is 19.1 Å². The van der Waals surface area contributed by atoms with Gasteiger partial charge in [-0.05, 0) is 61.4 Å². The average Bonchev–Trinajstić information content (AvgIpc) is 2.78. The maximum absolute atomic E-state index is 13.0. The van der Waals surface area contributed by atoms with Crippen molar-refractivity contribution >= 4 is 23.5 Å². The van der Waals surface area contributed by atoms with Gasteiger partial charge in [0.25, 0.3) is 0 Å². The number of hydrogen-bond donors (Lipinski definition) is 4. The van der Waals surface area contributed by atoms with Crippen molar-refractivity contribution in [2.45, 2.75) is 58.9 Å². The minimum Gasteiger partial charge on any atom is -0.493 e. The molecule has 8 heteroatoms. The van der Waals surface area contributed by atoms with Crippen LogP contribution >= 0.6 is 0 Å². The van der Waals surface area contributed by atoms with Crippen LogP contribution in [-0.4, -0.2) is 41.2 Å². The van der Waals surface area contributed by atoms with Crippen LogP contribution in [0.1, 0.15) is 74.0 Å². The molecule has 1 amide bonds. The van der Waals surface area contributed by atoms with Crippen LogP contribution in [0.4, 0.5) is 5.69 Å². The number of rotatable bonds is 15. The molecule has 0 aromatic heterocycles. The zero-order valence-electron chi connectivity index (χ0n) is 20.7. The van der Waals surface area contributed by atoms with Gasteiger partial charge in [-0.25, -0.2) is 4.79 Å². The number of aromatic carboxylic acids is 1. The number of carbonyl (C=O) groups is 3. The Morgan fingerprint density at radius 3 is 2.43 bits per heavy atom. The fourth-order valence-corrected chi connectivity index (χ4v) is 3.88. The summed E-state index contributed by atoms with van der Waals surface area (Å²) in [7, 11) is 0. The number of hydrogen-bond acceptors (Lipinski definition) is 5. The summed E-state index contributed by atoms with van der Waals surface area (Å²) in [4.78, 5) is 35.1. The Morgan fingerprint density at radius 1 is 1.03 bits per heavy atom. The van der Waals surface area contributed by atoms with Crippen LogP contribution in [0.5, 0.6) is 5.75 Å². The van der Waals surface area contributed by atoms with Gasteiger partial charge in [0.05, 0.1) is 19.1 Å². The number of amides is 1. The molecule has 4 N–H and O–H groups in total. The van der Waals surface area contributed by atoms with Crippen molar-refractivity contribution in [3.8, 4) is 5.75 Å². The van der Waals surface area contributed by atoms with Gasteiger partial charge >= 0.3 is 11.9 Å². The molecule has 2 aromatic carbocycles. The summed E-state index contributed by atoms with van der Waals surface area (Å²) in [5, 5.41) is 24.7. The van der Waals surface area contributed by atoms with Gasteiger partial charge in [0.15, 0.2) is 0 Å². The average molecular weight is 485 g/mol. The molecule has 0 aliphatic rings. The van der Waals surface area contributed by atoms with E-state index in [1.165, 1.54) is 6.07 Å². The van der Waals surface area contributed by atoms with Crippen LogP contribution in [0.2, 0.25) is 0 Å². The van der Waals surface area contributed by atoms with Gasteiger partial charge in [0.2, 0.25) is 5.91 Å². The number of aliphatic carboxylic acids is 1. The van der Waals surface area contributed by atoms with Crippen LogP contribution in [0, 0.1) is 5.92 Å². The number of nitrogens with one attached hydrogen (secondary N) is 2. The number of carboxylic acids is 2. The fraction of sp³-hybridized carbons (Fsp3) is 0.444. The van der Waals surface area contributed by atoms with Gasteiger partial charge in [-0.2, -0.15) is 0 Å². The number of para-hydroxylation sites is 1. The molecule has 8 nitrogen and oxygen atoms in total. The summed E-state index contributed by atoms with van der Waals surface area (Å²) >= 11 is 0. The Balaban J connectivity index is 2.13. The van der Waals surface area contributed by atoms with Crippen molar-refractivity contribution in [3.05, 3.63) is 59.2 Å². The molecule has 0 saturated heterocycles. The first-order valence-corrected chi connectivity index (χ1v) is 12.0. The maximum Gasteiger partial charge on any atom is 0.339 e. The number of carbonyl (C=O) groups excluding carboxylic acids is 1. The molecular formula is C27H36N2O6. The Bertz CT molecular complexity index is 1000. The van der Waals surface area contributed by atoms with Gasteiger partial charge in [0.1, 0.15) is 11.3 Å². The van der Waals surface area contributed by atoms with Crippen molar-refractivity contribution in [3.63, 3.8) is 0 Å². The number of anilines is 1. The molecular weight excluding hydrogens is 448 g/mol. The Kier molecular flexibility index (Phi) is 11.1. The normalized spacial score (nSPS) is 11.7. The minimum atomic E-state index is -1.08. The zero-order valence-corrected chi connectivity index (χ0v) is 20.7. The second kappa shape index (κ2) is 14.0. The van der Waals surface area contributed by atoms with Crippen LogP contribution in [-0.2, 0) is 16.0 Å². The Morgan fingerprint density at radius 2 is 1.77 bits per heavy atom. The predicted octanol–water partition coefficient (Wildman–Crippen LogP) is 4.90. The van der Waals surface area contributed by atoms with Gasteiger partial charge < -0.3 is 25.6 Å². The molecule has 2 rings (SSSR count). The summed E-state index contributed by atoms with van der Waals surface area (Å²) in [5.74, 6) is -1.45. The summed E-state index contributed by atoms with van der Waals surface area (Å²) in [6.07, 6.45) is 2.32. The summed E-state index contributed by atoms with van der Waals surface area (Å²) in [5.41, 5.74) is 2.63. The molecule has 0 radical (unpaired) electrons. The Hall–Kier alpha value is -3.55. The molecule has 0 spiro atoms. The lowest BCUT2D eigenvalue weighted by molar-refractivity contribution is -0.137. The quantitative estimate of drug-likeness (QED) is 0.265. The smallest absolute Gasteiger partial charge is 0.339 e. The first-order chi connectivity index (χ1) is 16.7. The molecule has 0 aliphatic carbocycles. The number of carboxylic acid groups (broad SMARTS) is 2. The highest BCUT2D eigenvalue weighted by atomic mass is 16.5. The van der Waals surface area contributed by atoms with Crippen LogP contribution in [0.25, 0.3) is 0 Å². The topological polar surface area (TPSA) is 125 Å². The predicted molar refractivity (Wildman–Crippen MR) is 135 cm³/mol. The molecule has 35 heavy (non-hydrogen) atoms. The number of ether oxygens (including phenoxy) is 1. The molecule has 190 valence electrons. The molecule has 0 fully saturated rings. The van der Waals surface area contributed by atoms with E-state index < -0.39 is 11.9 Å². The van der Waals surface area contributed by atoms with E-state index in [-0.39, 0.29) is 36.1 Å². The molecule has 0 unspecified atom stereocenters. The molecule has 2 aromatic rings. The van der Waals surface area contributed by atoms with E-state index in [1.807, 2.05) is 24.3 Å². The van der Waals surface area contributed by atoms with Gasteiger partial charge in [-0.3, -0.25) is 9.59 Å². The van der Waals surface area contributed by atoms with Gasteiger partial charge in [-0.15, -0.1) is 0 Å². The van der Waals surface area contributed by atoms with E-state index in [0.717, 1.165) is 24.1 Å². The summed E-state index contributed by atoms with van der Waals surface area (Å²) in [6, 6.07) is 12.3. The van der Waals surface area contributed by atoms with Crippen molar-refractivity contribution in [2.24, 2.45) is 5.92 Å². The zero-order chi connectivity index (χ0) is 25.8. The monoisotopic (exact) mass is 484 g/mol.